The van der Waals surface area contributed by atoms with Crippen molar-refractivity contribution >= 4 is 16.6 Å². The maximum Gasteiger partial charge on any atom is 0.161 e. The first kappa shape index (κ1) is 13.4. The molecule has 0 bridgehead atoms. The van der Waals surface area contributed by atoms with Crippen LogP contribution in [-0.4, -0.2) is 4.98 Å². The van der Waals surface area contributed by atoms with Crippen molar-refractivity contribution < 1.29 is 13.2 Å². The zero-order chi connectivity index (χ0) is 14.8. The lowest BCUT2D eigenvalue weighted by Crippen LogP contribution is -2.04. The molecule has 106 valence electrons. The Morgan fingerprint density at radius 1 is 0.905 bits per heavy atom. The third-order valence-electron chi connectivity index (χ3n) is 3.22. The molecule has 0 amide bonds. The van der Waals surface area contributed by atoms with Crippen LogP contribution in [0.2, 0.25) is 0 Å². The lowest BCUT2D eigenvalue weighted by atomic mass is 10.1. The molecule has 0 saturated carbocycles. The van der Waals surface area contributed by atoms with Crippen LogP contribution in [0, 0.1) is 17.5 Å². The first-order chi connectivity index (χ1) is 10.1. The van der Waals surface area contributed by atoms with E-state index in [0.29, 0.717) is 6.07 Å². The fourth-order valence-corrected chi connectivity index (χ4v) is 2.16. The van der Waals surface area contributed by atoms with E-state index in [1.807, 2.05) is 24.3 Å². The van der Waals surface area contributed by atoms with E-state index in [2.05, 4.69) is 10.3 Å². The lowest BCUT2D eigenvalue weighted by molar-refractivity contribution is 0.496. The summed E-state index contributed by atoms with van der Waals surface area (Å²) in [6, 6.07) is 10.7. The van der Waals surface area contributed by atoms with E-state index in [1.165, 1.54) is 0 Å². The predicted octanol–water partition coefficient (Wildman–Crippen LogP) is 4.26. The summed E-state index contributed by atoms with van der Waals surface area (Å²) >= 11 is 0. The highest BCUT2D eigenvalue weighted by molar-refractivity contribution is 5.82. The van der Waals surface area contributed by atoms with Crippen molar-refractivity contribution in [3.05, 3.63) is 71.7 Å². The van der Waals surface area contributed by atoms with Crippen molar-refractivity contribution in [2.75, 3.05) is 5.32 Å². The van der Waals surface area contributed by atoms with Gasteiger partial charge < -0.3 is 5.32 Å². The maximum atomic E-state index is 13.6. The van der Waals surface area contributed by atoms with E-state index in [0.717, 1.165) is 22.5 Å². The van der Waals surface area contributed by atoms with Crippen LogP contribution in [0.15, 0.2) is 48.7 Å². The number of halogens is 3. The summed E-state index contributed by atoms with van der Waals surface area (Å²) in [5.74, 6) is -3.11. The summed E-state index contributed by atoms with van der Waals surface area (Å²) in [4.78, 5) is 4.23. The van der Waals surface area contributed by atoms with Crippen molar-refractivity contribution in [3.8, 4) is 0 Å². The van der Waals surface area contributed by atoms with Gasteiger partial charge in [0.15, 0.2) is 11.6 Å². The SMILES string of the molecule is Fc1cc(F)c(NCc2ccnc3ccccc23)cc1F. The van der Waals surface area contributed by atoms with Gasteiger partial charge in [-0.3, -0.25) is 4.98 Å². The minimum Gasteiger partial charge on any atom is -0.378 e. The molecule has 1 N–H and O–H groups in total. The van der Waals surface area contributed by atoms with Crippen molar-refractivity contribution in [1.29, 1.82) is 0 Å². The van der Waals surface area contributed by atoms with Crippen LogP contribution in [0.25, 0.3) is 10.9 Å². The standard InChI is InChI=1S/C16H11F3N2/c17-12-7-14(19)16(8-13(12)18)21-9-10-5-6-20-15-4-2-1-3-11(10)15/h1-8,21H,9H2. The Bertz CT molecular complexity index is 797. The second kappa shape index (κ2) is 5.44. The van der Waals surface area contributed by atoms with Gasteiger partial charge in [0.05, 0.1) is 11.2 Å². The quantitative estimate of drug-likeness (QED) is 0.728. The lowest BCUT2D eigenvalue weighted by Gasteiger charge is -2.10. The molecule has 21 heavy (non-hydrogen) atoms. The van der Waals surface area contributed by atoms with Gasteiger partial charge in [0.25, 0.3) is 0 Å². The zero-order valence-corrected chi connectivity index (χ0v) is 10.9. The summed E-state index contributed by atoms with van der Waals surface area (Å²) in [6.07, 6.45) is 1.65. The van der Waals surface area contributed by atoms with Crippen LogP contribution in [0.3, 0.4) is 0 Å². The van der Waals surface area contributed by atoms with Crippen molar-refractivity contribution in [3.63, 3.8) is 0 Å². The van der Waals surface area contributed by atoms with Gasteiger partial charge in [0.1, 0.15) is 5.82 Å². The Labute approximate surface area is 119 Å². The van der Waals surface area contributed by atoms with Gasteiger partial charge in [-0.05, 0) is 17.7 Å². The Kier molecular flexibility index (Phi) is 3.48. The highest BCUT2D eigenvalue weighted by atomic mass is 19.2. The number of fused-ring (bicyclic) bond motifs is 1. The van der Waals surface area contributed by atoms with Gasteiger partial charge >= 0.3 is 0 Å². The summed E-state index contributed by atoms with van der Waals surface area (Å²) in [6.45, 7) is 0.283. The molecular weight excluding hydrogens is 277 g/mol. The third kappa shape index (κ3) is 2.67. The largest absolute Gasteiger partial charge is 0.378 e. The molecule has 0 aliphatic heterocycles. The van der Waals surface area contributed by atoms with Gasteiger partial charge in [-0.2, -0.15) is 0 Å². The van der Waals surface area contributed by atoms with E-state index >= 15 is 0 Å². The van der Waals surface area contributed by atoms with Crippen LogP contribution in [-0.2, 0) is 6.54 Å². The summed E-state index contributed by atoms with van der Waals surface area (Å²) < 4.78 is 39.6. The smallest absolute Gasteiger partial charge is 0.161 e. The molecule has 3 rings (SSSR count). The van der Waals surface area contributed by atoms with Crippen LogP contribution in [0.1, 0.15) is 5.56 Å². The Hall–Kier alpha value is -2.56. The van der Waals surface area contributed by atoms with Gasteiger partial charge in [0.2, 0.25) is 0 Å². The number of para-hydroxylation sites is 1. The number of aromatic nitrogens is 1. The van der Waals surface area contributed by atoms with Crippen LogP contribution >= 0.6 is 0 Å². The average Bonchev–Trinajstić information content (AvgIpc) is 2.49. The molecule has 0 radical (unpaired) electrons. The Balaban J connectivity index is 1.89. The number of rotatable bonds is 3. The van der Waals surface area contributed by atoms with Crippen LogP contribution in [0.5, 0.6) is 0 Å². The van der Waals surface area contributed by atoms with Crippen LogP contribution < -0.4 is 5.32 Å². The fraction of sp³-hybridized carbons (Fsp3) is 0.0625. The fourth-order valence-electron chi connectivity index (χ4n) is 2.16. The van der Waals surface area contributed by atoms with E-state index in [9.17, 15) is 13.2 Å². The molecule has 0 saturated heterocycles. The number of pyridine rings is 1. The first-order valence-electron chi connectivity index (χ1n) is 6.36. The molecule has 0 spiro atoms. The van der Waals surface area contributed by atoms with Gasteiger partial charge in [-0.25, -0.2) is 13.2 Å². The first-order valence-corrected chi connectivity index (χ1v) is 6.36. The number of nitrogens with zero attached hydrogens (tertiary/aromatic N) is 1. The third-order valence-corrected chi connectivity index (χ3v) is 3.22. The molecule has 2 aromatic carbocycles. The van der Waals surface area contributed by atoms with Gasteiger partial charge in [-0.15, -0.1) is 0 Å². The molecular formula is C16H11F3N2. The molecule has 2 nitrogen and oxygen atoms in total. The molecule has 1 aromatic heterocycles. The average molecular weight is 288 g/mol. The molecule has 5 heteroatoms. The number of hydrogen-bond donors (Lipinski definition) is 1. The normalized spacial score (nSPS) is 10.8. The van der Waals surface area contributed by atoms with E-state index in [4.69, 9.17) is 0 Å². The minimum absolute atomic E-state index is 0.0743. The van der Waals surface area contributed by atoms with Crippen LogP contribution in [0.4, 0.5) is 18.9 Å². The second-order valence-electron chi connectivity index (χ2n) is 4.59. The number of hydrogen-bond acceptors (Lipinski definition) is 2. The monoisotopic (exact) mass is 288 g/mol. The second-order valence-corrected chi connectivity index (χ2v) is 4.59. The van der Waals surface area contributed by atoms with E-state index in [-0.39, 0.29) is 12.2 Å². The molecule has 3 aromatic rings. The van der Waals surface area contributed by atoms with Crippen molar-refractivity contribution in [2.45, 2.75) is 6.54 Å². The van der Waals surface area contributed by atoms with E-state index in [1.54, 1.807) is 12.3 Å². The summed E-state index contributed by atoms with van der Waals surface area (Å²) in [7, 11) is 0. The zero-order valence-electron chi connectivity index (χ0n) is 10.9. The minimum atomic E-state index is -1.20. The number of anilines is 1. The maximum absolute atomic E-state index is 13.6. The van der Waals surface area contributed by atoms with Gasteiger partial charge in [-0.1, -0.05) is 18.2 Å². The molecule has 0 aliphatic carbocycles. The molecule has 0 unspecified atom stereocenters. The highest BCUT2D eigenvalue weighted by Gasteiger charge is 2.10. The number of nitrogens with one attached hydrogen (secondary N) is 1. The summed E-state index contributed by atoms with van der Waals surface area (Å²) in [5.41, 5.74) is 1.64. The topological polar surface area (TPSA) is 24.9 Å². The van der Waals surface area contributed by atoms with Crippen molar-refractivity contribution in [2.24, 2.45) is 0 Å². The predicted molar refractivity (Wildman–Crippen MR) is 75.4 cm³/mol. The summed E-state index contributed by atoms with van der Waals surface area (Å²) in [5, 5.41) is 3.71. The Morgan fingerprint density at radius 2 is 1.67 bits per heavy atom. The van der Waals surface area contributed by atoms with E-state index < -0.39 is 17.5 Å². The van der Waals surface area contributed by atoms with Crippen molar-refractivity contribution in [1.82, 2.24) is 4.98 Å². The molecule has 0 atom stereocenters. The number of benzene rings is 2. The Morgan fingerprint density at radius 3 is 2.52 bits per heavy atom. The van der Waals surface area contributed by atoms with Gasteiger partial charge in [0, 0.05) is 30.3 Å². The molecule has 0 aliphatic rings. The molecule has 1 heterocycles. The molecule has 0 fully saturated rings. The highest BCUT2D eigenvalue weighted by Crippen LogP contribution is 2.21.